The van der Waals surface area contributed by atoms with Crippen molar-refractivity contribution in [2.75, 3.05) is 6.54 Å². The normalized spacial score (nSPS) is 15.0. The lowest BCUT2D eigenvalue weighted by Gasteiger charge is -2.16. The number of carbonyl (C=O) groups is 1. The van der Waals surface area contributed by atoms with E-state index in [1.165, 1.54) is 6.07 Å². The molecule has 0 unspecified atom stereocenters. The van der Waals surface area contributed by atoms with Crippen LogP contribution in [0.4, 0.5) is 4.39 Å². The van der Waals surface area contributed by atoms with Crippen molar-refractivity contribution < 1.29 is 9.18 Å². The molecule has 0 radical (unpaired) electrons. The molecule has 26 heavy (non-hydrogen) atoms. The Morgan fingerprint density at radius 2 is 1.85 bits per heavy atom. The molecule has 1 aliphatic carbocycles. The van der Waals surface area contributed by atoms with Crippen LogP contribution >= 0.6 is 0 Å². The number of aromatic nitrogens is 1. The molecular weight excluding hydrogens is 331 g/mol. The predicted molar refractivity (Wildman–Crippen MR) is 98.6 cm³/mol. The minimum atomic E-state index is -0.749. The quantitative estimate of drug-likeness (QED) is 0.743. The van der Waals surface area contributed by atoms with Gasteiger partial charge >= 0.3 is 0 Å². The Labute approximate surface area is 150 Å². The lowest BCUT2D eigenvalue weighted by molar-refractivity contribution is -0.123. The van der Waals surface area contributed by atoms with Gasteiger partial charge in [-0.25, -0.2) is 4.39 Å². The van der Waals surface area contributed by atoms with Crippen molar-refractivity contribution in [3.63, 3.8) is 0 Å². The lowest BCUT2D eigenvalue weighted by atomic mass is 9.94. The summed E-state index contributed by atoms with van der Waals surface area (Å²) in [5.41, 5.74) is 0.983. The van der Waals surface area contributed by atoms with Crippen molar-refractivity contribution in [3.05, 3.63) is 81.9 Å². The third-order valence-corrected chi connectivity index (χ3v) is 5.08. The lowest BCUT2D eigenvalue weighted by Crippen LogP contribution is -2.37. The maximum Gasteiger partial charge on any atom is 0.251 e. The molecule has 0 bridgehead atoms. The first-order chi connectivity index (χ1) is 12.6. The standard InChI is InChI=1S/C21H19FN2O2/c22-17-7-3-2-6-16(17)21(10-11-21)20(26)23-12-9-15-13-14-5-1-4-8-18(14)24-19(15)25/h1-8,13H,9-12H2,(H,23,26)(H,24,25). The van der Waals surface area contributed by atoms with E-state index in [0.29, 0.717) is 36.9 Å². The zero-order valence-electron chi connectivity index (χ0n) is 14.2. The molecule has 3 aromatic rings. The summed E-state index contributed by atoms with van der Waals surface area (Å²) >= 11 is 0. The molecule has 0 spiro atoms. The summed E-state index contributed by atoms with van der Waals surface area (Å²) in [6.07, 6.45) is 1.73. The van der Waals surface area contributed by atoms with Crippen molar-refractivity contribution >= 4 is 16.8 Å². The summed E-state index contributed by atoms with van der Waals surface area (Å²) in [5.74, 6) is -0.508. The topological polar surface area (TPSA) is 62.0 Å². The van der Waals surface area contributed by atoms with Crippen LogP contribution in [-0.2, 0) is 16.6 Å². The summed E-state index contributed by atoms with van der Waals surface area (Å²) in [6, 6.07) is 15.9. The molecule has 5 heteroatoms. The van der Waals surface area contributed by atoms with Gasteiger partial charge in [-0.2, -0.15) is 0 Å². The molecule has 1 amide bonds. The van der Waals surface area contributed by atoms with E-state index in [0.717, 1.165) is 10.9 Å². The van der Waals surface area contributed by atoms with Crippen LogP contribution in [-0.4, -0.2) is 17.4 Å². The third-order valence-electron chi connectivity index (χ3n) is 5.08. The molecule has 0 atom stereocenters. The number of hydrogen-bond acceptors (Lipinski definition) is 2. The summed E-state index contributed by atoms with van der Waals surface area (Å²) < 4.78 is 14.0. The Kier molecular flexibility index (Phi) is 4.07. The minimum Gasteiger partial charge on any atom is -0.355 e. The molecule has 1 saturated carbocycles. The minimum absolute atomic E-state index is 0.145. The van der Waals surface area contributed by atoms with Gasteiger partial charge in [-0.3, -0.25) is 9.59 Å². The van der Waals surface area contributed by atoms with Crippen molar-refractivity contribution in [2.24, 2.45) is 0 Å². The van der Waals surface area contributed by atoms with Crippen LogP contribution in [0, 0.1) is 5.82 Å². The number of para-hydroxylation sites is 1. The van der Waals surface area contributed by atoms with Crippen LogP contribution < -0.4 is 10.9 Å². The molecular formula is C21H19FN2O2. The second kappa shape index (κ2) is 6.41. The number of aromatic amines is 1. The van der Waals surface area contributed by atoms with Crippen LogP contribution in [0.15, 0.2) is 59.4 Å². The van der Waals surface area contributed by atoms with Gasteiger partial charge in [0.05, 0.1) is 5.41 Å². The molecule has 2 N–H and O–H groups in total. The van der Waals surface area contributed by atoms with E-state index >= 15 is 0 Å². The maximum atomic E-state index is 14.0. The molecule has 2 aromatic carbocycles. The SMILES string of the molecule is O=C(NCCc1cc2ccccc2[nH]c1=O)C1(c2ccccc2F)CC1. The van der Waals surface area contributed by atoms with Gasteiger partial charge in [-0.1, -0.05) is 36.4 Å². The summed E-state index contributed by atoms with van der Waals surface area (Å²) in [7, 11) is 0. The van der Waals surface area contributed by atoms with Gasteiger partial charge < -0.3 is 10.3 Å². The average molecular weight is 350 g/mol. The number of pyridine rings is 1. The molecule has 132 valence electrons. The highest BCUT2D eigenvalue weighted by Gasteiger charge is 2.52. The number of nitrogens with one attached hydrogen (secondary N) is 2. The summed E-state index contributed by atoms with van der Waals surface area (Å²) in [6.45, 7) is 0.344. The van der Waals surface area contributed by atoms with E-state index < -0.39 is 5.41 Å². The summed E-state index contributed by atoms with van der Waals surface area (Å²) in [5, 5.41) is 3.83. The van der Waals surface area contributed by atoms with E-state index in [9.17, 15) is 14.0 Å². The number of amides is 1. The molecule has 0 aliphatic heterocycles. The fourth-order valence-electron chi connectivity index (χ4n) is 3.45. The molecule has 0 saturated heterocycles. The van der Waals surface area contributed by atoms with Crippen molar-refractivity contribution in [1.82, 2.24) is 10.3 Å². The zero-order chi connectivity index (χ0) is 18.1. The Morgan fingerprint density at radius 1 is 1.12 bits per heavy atom. The fourth-order valence-corrected chi connectivity index (χ4v) is 3.45. The molecule has 1 aromatic heterocycles. The predicted octanol–water partition coefficient (Wildman–Crippen LogP) is 3.06. The van der Waals surface area contributed by atoms with Crippen molar-refractivity contribution in [2.45, 2.75) is 24.7 Å². The first-order valence-corrected chi connectivity index (χ1v) is 8.74. The molecule has 4 rings (SSSR count). The Balaban J connectivity index is 1.45. The monoisotopic (exact) mass is 350 g/mol. The number of hydrogen-bond donors (Lipinski definition) is 2. The Hall–Kier alpha value is -2.95. The molecule has 4 nitrogen and oxygen atoms in total. The maximum absolute atomic E-state index is 14.0. The van der Waals surface area contributed by atoms with Crippen LogP contribution in [0.3, 0.4) is 0 Å². The Bertz CT molecular complexity index is 1040. The molecule has 1 heterocycles. The van der Waals surface area contributed by atoms with Gasteiger partial charge in [-0.15, -0.1) is 0 Å². The Morgan fingerprint density at radius 3 is 2.62 bits per heavy atom. The highest BCUT2D eigenvalue weighted by atomic mass is 19.1. The smallest absolute Gasteiger partial charge is 0.251 e. The second-order valence-corrected chi connectivity index (χ2v) is 6.78. The fraction of sp³-hybridized carbons (Fsp3) is 0.238. The van der Waals surface area contributed by atoms with Crippen LogP contribution in [0.2, 0.25) is 0 Å². The van der Waals surface area contributed by atoms with E-state index in [1.807, 2.05) is 30.3 Å². The highest BCUT2D eigenvalue weighted by Crippen LogP contribution is 2.49. The number of H-pyrrole nitrogens is 1. The van der Waals surface area contributed by atoms with Crippen LogP contribution in [0.25, 0.3) is 10.9 Å². The summed E-state index contributed by atoms with van der Waals surface area (Å²) in [4.78, 5) is 27.6. The third kappa shape index (κ3) is 2.90. The second-order valence-electron chi connectivity index (χ2n) is 6.78. The number of halogens is 1. The van der Waals surface area contributed by atoms with Crippen molar-refractivity contribution in [1.29, 1.82) is 0 Å². The van der Waals surface area contributed by atoms with Gasteiger partial charge in [0.1, 0.15) is 5.82 Å². The highest BCUT2D eigenvalue weighted by molar-refractivity contribution is 5.91. The van der Waals surface area contributed by atoms with E-state index in [-0.39, 0.29) is 17.3 Å². The van der Waals surface area contributed by atoms with E-state index in [1.54, 1.807) is 18.2 Å². The first-order valence-electron chi connectivity index (χ1n) is 8.74. The van der Waals surface area contributed by atoms with Gasteiger partial charge in [0.15, 0.2) is 0 Å². The van der Waals surface area contributed by atoms with Crippen LogP contribution in [0.5, 0.6) is 0 Å². The zero-order valence-corrected chi connectivity index (χ0v) is 14.2. The number of benzene rings is 2. The average Bonchev–Trinajstić information content (AvgIpc) is 3.44. The van der Waals surface area contributed by atoms with Gasteiger partial charge in [0.2, 0.25) is 5.91 Å². The van der Waals surface area contributed by atoms with Crippen LogP contribution in [0.1, 0.15) is 24.0 Å². The van der Waals surface area contributed by atoms with Gasteiger partial charge in [0, 0.05) is 23.2 Å². The first kappa shape index (κ1) is 16.5. The number of carbonyl (C=O) groups excluding carboxylic acids is 1. The number of fused-ring (bicyclic) bond motifs is 1. The molecule has 1 fully saturated rings. The van der Waals surface area contributed by atoms with Gasteiger partial charge in [0.25, 0.3) is 5.56 Å². The largest absolute Gasteiger partial charge is 0.355 e. The number of rotatable bonds is 5. The van der Waals surface area contributed by atoms with Crippen molar-refractivity contribution in [3.8, 4) is 0 Å². The van der Waals surface area contributed by atoms with E-state index in [4.69, 9.17) is 0 Å². The van der Waals surface area contributed by atoms with Gasteiger partial charge in [-0.05, 0) is 42.8 Å². The molecule has 1 aliphatic rings. The van der Waals surface area contributed by atoms with E-state index in [2.05, 4.69) is 10.3 Å².